The average molecular weight is 549 g/mol. The third kappa shape index (κ3) is 6.58. The fourth-order valence-electron chi connectivity index (χ4n) is 4.15. The van der Waals surface area contributed by atoms with Crippen molar-refractivity contribution in [1.82, 2.24) is 15.3 Å². The van der Waals surface area contributed by atoms with Crippen molar-refractivity contribution in [2.75, 3.05) is 4.90 Å². The van der Waals surface area contributed by atoms with E-state index in [0.29, 0.717) is 23.4 Å². The minimum Gasteiger partial charge on any atom is -0.384 e. The molecule has 2 atom stereocenters. The molecule has 0 spiro atoms. The van der Waals surface area contributed by atoms with Gasteiger partial charge in [0.25, 0.3) is 0 Å². The molecule has 0 bridgehead atoms. The summed E-state index contributed by atoms with van der Waals surface area (Å²) >= 11 is 5.78. The molecule has 204 valence electrons. The van der Waals surface area contributed by atoms with Crippen molar-refractivity contribution < 1.29 is 26.3 Å². The Labute approximate surface area is 218 Å². The van der Waals surface area contributed by atoms with E-state index in [9.17, 15) is 26.3 Å². The number of benzene rings is 1. The van der Waals surface area contributed by atoms with Gasteiger partial charge in [-0.25, -0.2) is 14.4 Å². The molecule has 0 saturated carbocycles. The second kappa shape index (κ2) is 12.2. The average Bonchev–Trinajstić information content (AvgIpc) is 2.84. The van der Waals surface area contributed by atoms with E-state index in [1.54, 1.807) is 6.92 Å². The number of hydrogen-bond donors (Lipinski definition) is 1. The van der Waals surface area contributed by atoms with Gasteiger partial charge in [0.2, 0.25) is 5.63 Å². The number of halogens is 7. The van der Waals surface area contributed by atoms with Crippen LogP contribution in [0.4, 0.5) is 32.0 Å². The standard InChI is InChI=1S/C26H31ClF6N4/c1-6-8-21(9-7-2)36-18(4)24(5,20-14-34-16-35-15-20)37(17(3)23(27)28)22-12-10-19(11-13-22)25(29,30)26(31,32)33/h10-16,21,23,36H,3-4,6-9H2,1-2,5H3. The first-order valence-corrected chi connectivity index (χ1v) is 12.2. The molecular formula is C26H31ClF6N4. The fourth-order valence-corrected chi connectivity index (χ4v) is 4.25. The van der Waals surface area contributed by atoms with Gasteiger partial charge in [0.1, 0.15) is 11.9 Å². The molecule has 0 aliphatic rings. The van der Waals surface area contributed by atoms with Crippen molar-refractivity contribution in [3.8, 4) is 0 Å². The molecule has 1 heterocycles. The van der Waals surface area contributed by atoms with Gasteiger partial charge in [0.05, 0.1) is 5.70 Å². The maximum absolute atomic E-state index is 14.5. The number of aromatic nitrogens is 2. The third-order valence-electron chi connectivity index (χ3n) is 6.19. The lowest BCUT2D eigenvalue weighted by atomic mass is 9.86. The zero-order valence-corrected chi connectivity index (χ0v) is 21.7. The van der Waals surface area contributed by atoms with E-state index in [2.05, 4.69) is 28.4 Å². The third-order valence-corrected chi connectivity index (χ3v) is 6.45. The number of alkyl halides is 7. The predicted octanol–water partition coefficient (Wildman–Crippen LogP) is 7.97. The molecule has 37 heavy (non-hydrogen) atoms. The van der Waals surface area contributed by atoms with Crippen molar-refractivity contribution >= 4 is 17.3 Å². The molecule has 0 amide bonds. The van der Waals surface area contributed by atoms with E-state index in [-0.39, 0.29) is 17.4 Å². The van der Waals surface area contributed by atoms with Crippen molar-refractivity contribution in [2.24, 2.45) is 0 Å². The molecule has 0 aliphatic heterocycles. The number of nitrogens with one attached hydrogen (secondary N) is 1. The van der Waals surface area contributed by atoms with Gasteiger partial charge >= 0.3 is 12.1 Å². The SMILES string of the molecule is C=C(C(F)Cl)N(c1ccc(C(F)(F)C(F)(F)F)cc1)C(C)(C(=C)NC(CCC)CCC)c1cncnc1. The van der Waals surface area contributed by atoms with Crippen LogP contribution in [0.15, 0.2) is 67.5 Å². The smallest absolute Gasteiger partial charge is 0.384 e. The normalized spacial score (nSPS) is 14.7. The van der Waals surface area contributed by atoms with Crippen molar-refractivity contribution in [2.45, 2.75) is 75.8 Å². The minimum atomic E-state index is -5.78. The van der Waals surface area contributed by atoms with E-state index in [0.717, 1.165) is 37.8 Å². The Morgan fingerprint density at radius 1 is 0.973 bits per heavy atom. The molecule has 1 aromatic carbocycles. The summed E-state index contributed by atoms with van der Waals surface area (Å²) in [4.78, 5) is 9.41. The highest BCUT2D eigenvalue weighted by Crippen LogP contribution is 2.46. The van der Waals surface area contributed by atoms with Gasteiger partial charge in [-0.1, -0.05) is 63.6 Å². The fraction of sp³-hybridized carbons (Fsp3) is 0.462. The van der Waals surface area contributed by atoms with Crippen molar-refractivity contribution in [1.29, 1.82) is 0 Å². The molecular weight excluding hydrogens is 518 g/mol. The van der Waals surface area contributed by atoms with E-state index < -0.39 is 28.8 Å². The quantitative estimate of drug-likeness (QED) is 0.203. The Morgan fingerprint density at radius 3 is 1.92 bits per heavy atom. The number of anilines is 1. The van der Waals surface area contributed by atoms with Crippen LogP contribution >= 0.6 is 11.6 Å². The maximum atomic E-state index is 14.5. The number of allylic oxidation sites excluding steroid dienone is 1. The van der Waals surface area contributed by atoms with Crippen LogP contribution in [-0.2, 0) is 11.5 Å². The Morgan fingerprint density at radius 2 is 1.49 bits per heavy atom. The highest BCUT2D eigenvalue weighted by atomic mass is 35.5. The van der Waals surface area contributed by atoms with Gasteiger partial charge in [-0.2, -0.15) is 22.0 Å². The monoisotopic (exact) mass is 548 g/mol. The molecule has 0 radical (unpaired) electrons. The van der Waals surface area contributed by atoms with Crippen LogP contribution < -0.4 is 10.2 Å². The highest BCUT2D eigenvalue weighted by Gasteiger charge is 2.58. The second-order valence-corrected chi connectivity index (χ2v) is 9.23. The summed E-state index contributed by atoms with van der Waals surface area (Å²) in [6.07, 6.45) is 1.87. The number of nitrogens with zero attached hydrogens (tertiary/aromatic N) is 3. The predicted molar refractivity (Wildman–Crippen MR) is 134 cm³/mol. The van der Waals surface area contributed by atoms with Gasteiger partial charge in [0, 0.05) is 40.9 Å². The topological polar surface area (TPSA) is 41.0 Å². The van der Waals surface area contributed by atoms with Crippen LogP contribution in [0, 0.1) is 0 Å². The molecule has 1 N–H and O–H groups in total. The lowest BCUT2D eigenvalue weighted by molar-refractivity contribution is -0.289. The Bertz CT molecular complexity index is 1040. The van der Waals surface area contributed by atoms with Gasteiger partial charge in [-0.05, 0) is 31.9 Å². The Kier molecular flexibility index (Phi) is 10.0. The summed E-state index contributed by atoms with van der Waals surface area (Å²) < 4.78 is 81.1. The molecule has 0 saturated heterocycles. The number of hydrogen-bond acceptors (Lipinski definition) is 4. The van der Waals surface area contributed by atoms with E-state index in [4.69, 9.17) is 11.6 Å². The molecule has 2 rings (SSSR count). The van der Waals surface area contributed by atoms with Gasteiger partial charge in [-0.3, -0.25) is 0 Å². The number of rotatable bonds is 13. The summed E-state index contributed by atoms with van der Waals surface area (Å²) in [6.45, 7) is 13.7. The van der Waals surface area contributed by atoms with Crippen LogP contribution in [-0.4, -0.2) is 27.8 Å². The van der Waals surface area contributed by atoms with Gasteiger partial charge in [0.15, 0.2) is 0 Å². The van der Waals surface area contributed by atoms with Crippen LogP contribution in [0.2, 0.25) is 0 Å². The van der Waals surface area contributed by atoms with Gasteiger partial charge < -0.3 is 10.2 Å². The summed E-state index contributed by atoms with van der Waals surface area (Å²) in [5, 5.41) is 3.39. The first kappa shape index (κ1) is 30.5. The van der Waals surface area contributed by atoms with Crippen molar-refractivity contribution in [3.05, 3.63) is 78.7 Å². The maximum Gasteiger partial charge on any atom is 0.458 e. The van der Waals surface area contributed by atoms with Crippen LogP contribution in [0.25, 0.3) is 0 Å². The lowest BCUT2D eigenvalue weighted by Crippen LogP contribution is -2.51. The summed E-state index contributed by atoms with van der Waals surface area (Å²) in [7, 11) is 0. The summed E-state index contributed by atoms with van der Waals surface area (Å²) in [5.41, 5.74) is -4.15. The zero-order chi connectivity index (χ0) is 28.0. The van der Waals surface area contributed by atoms with E-state index in [1.807, 2.05) is 13.8 Å². The Hall–Kier alpha value is -2.75. The second-order valence-electron chi connectivity index (χ2n) is 8.84. The minimum absolute atomic E-state index is 0.0200. The highest BCUT2D eigenvalue weighted by molar-refractivity contribution is 6.21. The van der Waals surface area contributed by atoms with E-state index in [1.165, 1.54) is 23.6 Å². The first-order chi connectivity index (χ1) is 17.2. The van der Waals surface area contributed by atoms with Crippen LogP contribution in [0.3, 0.4) is 0 Å². The van der Waals surface area contributed by atoms with E-state index >= 15 is 0 Å². The molecule has 0 fully saturated rings. The van der Waals surface area contributed by atoms with Crippen molar-refractivity contribution in [3.63, 3.8) is 0 Å². The first-order valence-electron chi connectivity index (χ1n) is 11.7. The molecule has 4 nitrogen and oxygen atoms in total. The summed E-state index contributed by atoms with van der Waals surface area (Å²) in [6, 6.07) is 3.36. The molecule has 2 unspecified atom stereocenters. The lowest BCUT2D eigenvalue weighted by Gasteiger charge is -2.46. The molecule has 0 aliphatic carbocycles. The Balaban J connectivity index is 2.70. The molecule has 1 aromatic heterocycles. The zero-order valence-electron chi connectivity index (χ0n) is 20.9. The summed E-state index contributed by atoms with van der Waals surface area (Å²) in [5.74, 6) is -5.07. The van der Waals surface area contributed by atoms with Crippen LogP contribution in [0.5, 0.6) is 0 Å². The van der Waals surface area contributed by atoms with Gasteiger partial charge in [-0.15, -0.1) is 0 Å². The molecule has 11 heteroatoms. The largest absolute Gasteiger partial charge is 0.458 e. The van der Waals surface area contributed by atoms with Crippen LogP contribution in [0.1, 0.15) is 57.6 Å². The molecule has 2 aromatic rings.